The van der Waals surface area contributed by atoms with Gasteiger partial charge in [-0.2, -0.15) is 12.7 Å². The molecule has 1 fully saturated rings. The maximum Gasteiger partial charge on any atom is 0.303 e. The molecule has 3 aromatic rings. The fourth-order valence-electron chi connectivity index (χ4n) is 4.37. The predicted molar refractivity (Wildman–Crippen MR) is 189 cm³/mol. The fourth-order valence-corrected chi connectivity index (χ4v) is 5.78. The van der Waals surface area contributed by atoms with Gasteiger partial charge in [-0.1, -0.05) is 19.1 Å². The Hall–Kier alpha value is -4.05. The van der Waals surface area contributed by atoms with Crippen LogP contribution in [0.15, 0.2) is 53.4 Å². The Labute approximate surface area is 287 Å². The first kappa shape index (κ1) is 38.4. The second-order valence-electron chi connectivity index (χ2n) is 11.5. The van der Waals surface area contributed by atoms with E-state index in [-0.39, 0.29) is 41.9 Å². The molecule has 262 valence electrons. The first-order valence-corrected chi connectivity index (χ1v) is 18.1. The molecule has 3 amide bonds. The van der Waals surface area contributed by atoms with Gasteiger partial charge in [0.2, 0.25) is 5.91 Å². The Balaban J connectivity index is 0.000000935. The summed E-state index contributed by atoms with van der Waals surface area (Å²) < 4.78 is 32.8. The molecule has 48 heavy (non-hydrogen) atoms. The number of carbonyl (C=O) groups is 3. The number of rotatable bonds is 16. The zero-order chi connectivity index (χ0) is 35.3. The number of aromatic nitrogens is 1. The minimum atomic E-state index is -3.88. The van der Waals surface area contributed by atoms with Gasteiger partial charge in [-0.05, 0) is 68.0 Å². The summed E-state index contributed by atoms with van der Waals surface area (Å²) >= 11 is 1.63. The molecule has 0 aliphatic heterocycles. The molecule has 0 saturated heterocycles. The highest BCUT2D eigenvalue weighted by atomic mass is 32.2. The summed E-state index contributed by atoms with van der Waals surface area (Å²) in [6.07, 6.45) is 2.91. The van der Waals surface area contributed by atoms with E-state index in [2.05, 4.69) is 26.3 Å². The number of amides is 3. The molecule has 1 atom stereocenters. The monoisotopic (exact) mass is 701 g/mol. The molecule has 0 spiro atoms. The van der Waals surface area contributed by atoms with Crippen molar-refractivity contribution in [3.8, 4) is 5.75 Å². The quantitative estimate of drug-likeness (QED) is 0.166. The van der Waals surface area contributed by atoms with Gasteiger partial charge < -0.3 is 26.0 Å². The van der Waals surface area contributed by atoms with Crippen LogP contribution in [0.3, 0.4) is 0 Å². The average Bonchev–Trinajstić information content (AvgIpc) is 3.80. The van der Waals surface area contributed by atoms with Crippen molar-refractivity contribution in [2.24, 2.45) is 5.92 Å². The number of benzene rings is 2. The van der Waals surface area contributed by atoms with Crippen LogP contribution < -0.4 is 30.3 Å². The van der Waals surface area contributed by atoms with Crippen molar-refractivity contribution in [3.05, 3.63) is 75.7 Å². The highest BCUT2D eigenvalue weighted by Gasteiger charge is 2.25. The van der Waals surface area contributed by atoms with Crippen molar-refractivity contribution in [2.45, 2.75) is 45.7 Å². The average molecular weight is 702 g/mol. The number of anilines is 1. The third-order valence-corrected chi connectivity index (χ3v) is 10.1. The highest BCUT2D eigenvalue weighted by Crippen LogP contribution is 2.27. The Morgan fingerprint density at radius 3 is 2.12 bits per heavy atom. The zero-order valence-corrected chi connectivity index (χ0v) is 30.0. The van der Waals surface area contributed by atoms with Crippen LogP contribution in [0, 0.1) is 12.8 Å². The molecule has 1 aliphatic rings. The van der Waals surface area contributed by atoms with Crippen LogP contribution in [0.4, 0.5) is 5.69 Å². The second kappa shape index (κ2) is 18.5. The lowest BCUT2D eigenvalue weighted by atomic mass is 10.1. The number of thiazole rings is 1. The van der Waals surface area contributed by atoms with Crippen LogP contribution >= 0.6 is 11.3 Å². The van der Waals surface area contributed by atoms with Crippen LogP contribution in [0.25, 0.3) is 0 Å². The number of carbonyl (C=O) groups excluding carboxylic acids is 3. The van der Waals surface area contributed by atoms with Crippen LogP contribution in [0.2, 0.25) is 0 Å². The van der Waals surface area contributed by atoms with E-state index in [1.165, 1.54) is 39.3 Å². The van der Waals surface area contributed by atoms with E-state index in [0.29, 0.717) is 31.2 Å². The van der Waals surface area contributed by atoms with E-state index < -0.39 is 22.0 Å². The van der Waals surface area contributed by atoms with Gasteiger partial charge in [-0.15, -0.1) is 11.3 Å². The van der Waals surface area contributed by atoms with Gasteiger partial charge in [-0.3, -0.25) is 23.7 Å². The van der Waals surface area contributed by atoms with E-state index in [0.717, 1.165) is 32.7 Å². The molecule has 1 aliphatic carbocycles. The number of aryl methyl sites for hydroxylation is 1. The molecule has 0 unspecified atom stereocenters. The Morgan fingerprint density at radius 1 is 0.979 bits per heavy atom. The predicted octanol–water partition coefficient (Wildman–Crippen LogP) is 2.94. The molecule has 4 rings (SSSR count). The first-order valence-electron chi connectivity index (χ1n) is 15.7. The van der Waals surface area contributed by atoms with Crippen molar-refractivity contribution < 1.29 is 27.5 Å². The summed E-state index contributed by atoms with van der Waals surface area (Å²) in [5.41, 5.74) is 4.18. The fraction of sp³-hybridized carbons (Fsp3) is 0.455. The summed E-state index contributed by atoms with van der Waals surface area (Å²) in [5, 5.41) is 13.7. The number of ether oxygens (including phenoxy) is 1. The van der Waals surface area contributed by atoms with Crippen LogP contribution in [0.5, 0.6) is 5.75 Å². The maximum atomic E-state index is 13.1. The van der Waals surface area contributed by atoms with Gasteiger partial charge in [0, 0.05) is 69.5 Å². The number of hydrogen-bond donors (Lipinski definition) is 4. The number of nitrogens with one attached hydrogen (secondary N) is 4. The number of methoxy groups -OCH3 is 1. The standard InChI is InChI=1S/C29H42N6O6S.C4H5NS/c1-6-26(29(38)33-19-20-7-8-20)30-13-14-31-27(36)22-15-23(17-24(16-22)35(4)42(39,40)34(2)3)28(37)32-18-21-9-11-25(41-5)12-10-21;1-4-2-6-3-5-4/h9-12,15-17,20,26,30H,6-8,13-14,18-19H2,1-5H3,(H,31,36)(H,32,37)(H,33,38);2-3H,1H3/t26-;/m0./s1. The molecule has 1 saturated carbocycles. The zero-order valence-electron chi connectivity index (χ0n) is 28.4. The lowest BCUT2D eigenvalue weighted by molar-refractivity contribution is -0.123. The van der Waals surface area contributed by atoms with E-state index in [1.807, 2.05) is 36.9 Å². The Morgan fingerprint density at radius 2 is 1.62 bits per heavy atom. The summed E-state index contributed by atoms with van der Waals surface area (Å²) in [5.74, 6) is 0.268. The van der Waals surface area contributed by atoms with Gasteiger partial charge in [0.15, 0.2) is 0 Å². The maximum absolute atomic E-state index is 13.1. The smallest absolute Gasteiger partial charge is 0.303 e. The molecule has 4 N–H and O–H groups in total. The van der Waals surface area contributed by atoms with Gasteiger partial charge in [0.1, 0.15) is 5.75 Å². The van der Waals surface area contributed by atoms with Crippen molar-refractivity contribution in [1.29, 1.82) is 0 Å². The third-order valence-electron chi connectivity index (χ3n) is 7.57. The summed E-state index contributed by atoms with van der Waals surface area (Å²) in [6, 6.07) is 11.1. The molecular weight excluding hydrogens is 655 g/mol. The van der Waals surface area contributed by atoms with E-state index in [9.17, 15) is 22.8 Å². The van der Waals surface area contributed by atoms with Gasteiger partial charge in [-0.25, -0.2) is 0 Å². The molecule has 1 aromatic heterocycles. The van der Waals surface area contributed by atoms with Crippen molar-refractivity contribution in [2.75, 3.05) is 52.2 Å². The van der Waals surface area contributed by atoms with E-state index >= 15 is 0 Å². The number of hydrogen-bond acceptors (Lipinski definition) is 9. The van der Waals surface area contributed by atoms with Crippen LogP contribution in [-0.4, -0.2) is 89.4 Å². The van der Waals surface area contributed by atoms with Crippen molar-refractivity contribution >= 4 is 45.0 Å². The first-order chi connectivity index (χ1) is 22.8. The topological polar surface area (TPSA) is 162 Å². The molecule has 13 nitrogen and oxygen atoms in total. The van der Waals surface area contributed by atoms with Gasteiger partial charge in [0.25, 0.3) is 11.8 Å². The minimum Gasteiger partial charge on any atom is -0.497 e. The number of nitrogens with zero attached hydrogens (tertiary/aromatic N) is 3. The second-order valence-corrected chi connectivity index (χ2v) is 14.4. The summed E-state index contributed by atoms with van der Waals surface area (Å²) in [7, 11) is 1.84. The SMILES string of the molecule is CC[C@H](NCCNC(=O)c1cc(C(=O)NCc2ccc(OC)cc2)cc(N(C)S(=O)(=O)N(C)C)c1)C(=O)NCC1CC1.Cc1cscn1. The molecule has 2 aromatic carbocycles. The largest absolute Gasteiger partial charge is 0.497 e. The van der Waals surface area contributed by atoms with Crippen LogP contribution in [0.1, 0.15) is 58.2 Å². The van der Waals surface area contributed by atoms with Gasteiger partial charge in [0.05, 0.1) is 24.3 Å². The minimum absolute atomic E-state index is 0.0566. The van der Waals surface area contributed by atoms with Crippen LogP contribution in [-0.2, 0) is 21.5 Å². The molecule has 0 radical (unpaired) electrons. The lowest BCUT2D eigenvalue weighted by Crippen LogP contribution is -2.46. The Bertz CT molecular complexity index is 1590. The van der Waals surface area contributed by atoms with E-state index in [4.69, 9.17) is 4.74 Å². The normalized spacial score (nSPS) is 13.1. The molecule has 1 heterocycles. The van der Waals surface area contributed by atoms with Crippen molar-refractivity contribution in [1.82, 2.24) is 30.6 Å². The van der Waals surface area contributed by atoms with Gasteiger partial charge >= 0.3 is 10.2 Å². The summed E-state index contributed by atoms with van der Waals surface area (Å²) in [4.78, 5) is 42.6. The third kappa shape index (κ3) is 11.9. The summed E-state index contributed by atoms with van der Waals surface area (Å²) in [6.45, 7) is 5.39. The molecule has 0 bridgehead atoms. The van der Waals surface area contributed by atoms with Crippen molar-refractivity contribution in [3.63, 3.8) is 0 Å². The van der Waals surface area contributed by atoms with E-state index in [1.54, 1.807) is 30.6 Å². The Kier molecular flexibility index (Phi) is 14.8. The highest BCUT2D eigenvalue weighted by molar-refractivity contribution is 7.90. The molecular formula is C33H47N7O6S2. The molecule has 15 heteroatoms. The lowest BCUT2D eigenvalue weighted by Gasteiger charge is -2.24.